The number of amides is 1. The molecule has 0 saturated heterocycles. The Hall–Kier alpha value is -1.42. The molecule has 1 amide bonds. The zero-order valence-corrected chi connectivity index (χ0v) is 11.7. The lowest BCUT2D eigenvalue weighted by atomic mass is 9.83. The van der Waals surface area contributed by atoms with Crippen LogP contribution in [-0.2, 0) is 10.2 Å². The Morgan fingerprint density at radius 1 is 1.37 bits per heavy atom. The highest BCUT2D eigenvalue weighted by Crippen LogP contribution is 2.23. The van der Waals surface area contributed by atoms with Crippen LogP contribution < -0.4 is 5.32 Å². The number of hydrogen-bond acceptors (Lipinski definition) is 2. The molecule has 106 valence electrons. The molecule has 0 bridgehead atoms. The van der Waals surface area contributed by atoms with Crippen molar-refractivity contribution >= 4 is 5.91 Å². The van der Waals surface area contributed by atoms with Crippen molar-refractivity contribution in [1.82, 2.24) is 5.32 Å². The predicted octanol–water partition coefficient (Wildman–Crippen LogP) is 2.24. The van der Waals surface area contributed by atoms with E-state index >= 15 is 0 Å². The summed E-state index contributed by atoms with van der Waals surface area (Å²) in [6, 6.07) is 5.98. The minimum Gasteiger partial charge on any atom is -0.396 e. The van der Waals surface area contributed by atoms with E-state index in [9.17, 15) is 9.18 Å². The second kappa shape index (κ2) is 6.66. The topological polar surface area (TPSA) is 49.3 Å². The number of benzene rings is 1. The van der Waals surface area contributed by atoms with Crippen LogP contribution in [0.25, 0.3) is 0 Å². The monoisotopic (exact) mass is 267 g/mol. The molecule has 3 nitrogen and oxygen atoms in total. The third-order valence-electron chi connectivity index (χ3n) is 3.37. The molecule has 1 rings (SSSR count). The number of carbonyl (C=O) groups is 1. The van der Waals surface area contributed by atoms with E-state index in [1.165, 1.54) is 12.1 Å². The smallest absolute Gasteiger partial charge is 0.230 e. The molecule has 1 atom stereocenters. The maximum absolute atomic E-state index is 12.9. The van der Waals surface area contributed by atoms with E-state index in [-0.39, 0.29) is 24.2 Å². The number of carbonyl (C=O) groups excluding carboxylic acids is 1. The van der Waals surface area contributed by atoms with Crippen LogP contribution in [0.4, 0.5) is 4.39 Å². The van der Waals surface area contributed by atoms with Gasteiger partial charge >= 0.3 is 0 Å². The lowest BCUT2D eigenvalue weighted by Gasteiger charge is -2.25. The number of aliphatic hydroxyl groups is 1. The summed E-state index contributed by atoms with van der Waals surface area (Å²) in [4.78, 5) is 12.2. The largest absolute Gasteiger partial charge is 0.396 e. The van der Waals surface area contributed by atoms with Gasteiger partial charge in [-0.25, -0.2) is 4.39 Å². The molecule has 0 aromatic heterocycles. The van der Waals surface area contributed by atoms with Crippen molar-refractivity contribution in [2.24, 2.45) is 5.92 Å². The highest BCUT2D eigenvalue weighted by Gasteiger charge is 2.29. The second-order valence-corrected chi connectivity index (χ2v) is 5.46. The molecule has 1 aromatic carbocycles. The molecule has 0 aliphatic carbocycles. The molecule has 0 heterocycles. The fourth-order valence-corrected chi connectivity index (χ4v) is 1.81. The van der Waals surface area contributed by atoms with Gasteiger partial charge in [0, 0.05) is 13.2 Å². The summed E-state index contributed by atoms with van der Waals surface area (Å²) in [7, 11) is 0. The van der Waals surface area contributed by atoms with Crippen LogP contribution in [0.3, 0.4) is 0 Å². The fourth-order valence-electron chi connectivity index (χ4n) is 1.81. The van der Waals surface area contributed by atoms with Gasteiger partial charge in [-0.1, -0.05) is 19.1 Å². The van der Waals surface area contributed by atoms with Gasteiger partial charge in [0.2, 0.25) is 5.91 Å². The van der Waals surface area contributed by atoms with Gasteiger partial charge in [0.15, 0.2) is 0 Å². The lowest BCUT2D eigenvalue weighted by molar-refractivity contribution is -0.125. The first-order valence-corrected chi connectivity index (χ1v) is 6.53. The molecule has 1 aromatic rings. The number of nitrogens with one attached hydrogen (secondary N) is 1. The zero-order chi connectivity index (χ0) is 14.5. The molecular weight excluding hydrogens is 245 g/mol. The minimum atomic E-state index is -0.702. The van der Waals surface area contributed by atoms with Gasteiger partial charge in [-0.3, -0.25) is 4.79 Å². The van der Waals surface area contributed by atoms with Crippen molar-refractivity contribution in [2.45, 2.75) is 32.6 Å². The molecule has 1 unspecified atom stereocenters. The van der Waals surface area contributed by atoms with E-state index in [0.29, 0.717) is 13.0 Å². The normalized spacial score (nSPS) is 13.1. The minimum absolute atomic E-state index is 0.0936. The third-order valence-corrected chi connectivity index (χ3v) is 3.37. The summed E-state index contributed by atoms with van der Waals surface area (Å²) >= 11 is 0. The Morgan fingerprint density at radius 2 is 1.95 bits per heavy atom. The molecule has 0 aliphatic rings. The van der Waals surface area contributed by atoms with E-state index < -0.39 is 5.41 Å². The Labute approximate surface area is 113 Å². The average molecular weight is 267 g/mol. The average Bonchev–Trinajstić information content (AvgIpc) is 2.36. The summed E-state index contributed by atoms with van der Waals surface area (Å²) in [6.07, 6.45) is 0.664. The number of hydrogen-bond donors (Lipinski definition) is 2. The van der Waals surface area contributed by atoms with Gasteiger partial charge in [0.05, 0.1) is 5.41 Å². The summed E-state index contributed by atoms with van der Waals surface area (Å²) < 4.78 is 12.9. The van der Waals surface area contributed by atoms with Crippen molar-refractivity contribution < 1.29 is 14.3 Å². The van der Waals surface area contributed by atoms with E-state index in [4.69, 9.17) is 5.11 Å². The van der Waals surface area contributed by atoms with Crippen molar-refractivity contribution in [3.63, 3.8) is 0 Å². The quantitative estimate of drug-likeness (QED) is 0.830. The molecule has 0 spiro atoms. The SMILES string of the molecule is CC(CCO)CNC(=O)C(C)(C)c1ccc(F)cc1. The first kappa shape index (κ1) is 15.6. The van der Waals surface area contributed by atoms with Gasteiger partial charge in [0.25, 0.3) is 0 Å². The molecule has 0 fully saturated rings. The maximum Gasteiger partial charge on any atom is 0.230 e. The van der Waals surface area contributed by atoms with Crippen molar-refractivity contribution in [2.75, 3.05) is 13.2 Å². The molecule has 19 heavy (non-hydrogen) atoms. The molecular formula is C15H22FNO2. The van der Waals surface area contributed by atoms with E-state index in [2.05, 4.69) is 5.32 Å². The lowest BCUT2D eigenvalue weighted by Crippen LogP contribution is -2.41. The summed E-state index contributed by atoms with van der Waals surface area (Å²) in [5.41, 5.74) is 0.0771. The maximum atomic E-state index is 12.9. The highest BCUT2D eigenvalue weighted by atomic mass is 19.1. The molecule has 0 saturated carbocycles. The molecule has 2 N–H and O–H groups in total. The molecule has 0 radical (unpaired) electrons. The van der Waals surface area contributed by atoms with Crippen LogP contribution in [0, 0.1) is 11.7 Å². The first-order valence-electron chi connectivity index (χ1n) is 6.53. The Bertz CT molecular complexity index is 415. The fraction of sp³-hybridized carbons (Fsp3) is 0.533. The van der Waals surface area contributed by atoms with Crippen LogP contribution in [-0.4, -0.2) is 24.2 Å². The Balaban J connectivity index is 2.66. The van der Waals surface area contributed by atoms with Gasteiger partial charge in [-0.05, 0) is 43.9 Å². The van der Waals surface area contributed by atoms with Crippen molar-refractivity contribution in [3.8, 4) is 0 Å². The first-order chi connectivity index (χ1) is 8.87. The second-order valence-electron chi connectivity index (χ2n) is 5.46. The number of halogens is 1. The molecule has 0 aliphatic heterocycles. The Kier molecular flexibility index (Phi) is 5.48. The van der Waals surface area contributed by atoms with Gasteiger partial charge < -0.3 is 10.4 Å². The molecule has 4 heteroatoms. The van der Waals surface area contributed by atoms with Crippen molar-refractivity contribution in [1.29, 1.82) is 0 Å². The van der Waals surface area contributed by atoms with Crippen LogP contribution in [0.5, 0.6) is 0 Å². The summed E-state index contributed by atoms with van der Waals surface area (Å²) in [5, 5.41) is 11.7. The number of aliphatic hydroxyl groups excluding tert-OH is 1. The highest BCUT2D eigenvalue weighted by molar-refractivity contribution is 5.87. The van der Waals surface area contributed by atoms with E-state index in [1.807, 2.05) is 20.8 Å². The summed E-state index contributed by atoms with van der Waals surface area (Å²) in [5.74, 6) is -0.168. The van der Waals surface area contributed by atoms with Crippen LogP contribution in [0.15, 0.2) is 24.3 Å². The van der Waals surface area contributed by atoms with Gasteiger partial charge in [-0.15, -0.1) is 0 Å². The zero-order valence-electron chi connectivity index (χ0n) is 11.7. The predicted molar refractivity (Wildman–Crippen MR) is 73.3 cm³/mol. The Morgan fingerprint density at radius 3 is 2.47 bits per heavy atom. The third kappa shape index (κ3) is 4.31. The van der Waals surface area contributed by atoms with Gasteiger partial charge in [-0.2, -0.15) is 0 Å². The van der Waals surface area contributed by atoms with E-state index in [0.717, 1.165) is 5.56 Å². The van der Waals surface area contributed by atoms with Crippen molar-refractivity contribution in [3.05, 3.63) is 35.6 Å². The number of rotatable bonds is 6. The van der Waals surface area contributed by atoms with Crippen LogP contribution in [0.2, 0.25) is 0 Å². The summed E-state index contributed by atoms with van der Waals surface area (Å²) in [6.45, 7) is 6.25. The van der Waals surface area contributed by atoms with Gasteiger partial charge in [0.1, 0.15) is 5.82 Å². The van der Waals surface area contributed by atoms with E-state index in [1.54, 1.807) is 12.1 Å². The standard InChI is InChI=1S/C15H22FNO2/c1-11(8-9-18)10-17-14(19)15(2,3)12-4-6-13(16)7-5-12/h4-7,11,18H,8-10H2,1-3H3,(H,17,19). The van der Waals surface area contributed by atoms with Crippen LogP contribution >= 0.6 is 0 Å². The van der Waals surface area contributed by atoms with Crippen LogP contribution in [0.1, 0.15) is 32.8 Å².